The highest BCUT2D eigenvalue weighted by atomic mass is 16.5. The van der Waals surface area contributed by atoms with Gasteiger partial charge in [0.25, 0.3) is 0 Å². The summed E-state index contributed by atoms with van der Waals surface area (Å²) in [4.78, 5) is 22.4. The minimum Gasteiger partial charge on any atom is -0.482 e. The van der Waals surface area contributed by atoms with E-state index in [1.807, 2.05) is 31.2 Å². The number of nitrogens with zero attached hydrogens (tertiary/aromatic N) is 4. The molecular weight excluding hydrogens is 428 g/mol. The van der Waals surface area contributed by atoms with Crippen LogP contribution in [0.3, 0.4) is 0 Å². The first kappa shape index (κ1) is 23.5. The lowest BCUT2D eigenvalue weighted by molar-refractivity contribution is 0.0377. The number of ether oxygens (including phenoxy) is 2. The van der Waals surface area contributed by atoms with E-state index in [4.69, 9.17) is 19.4 Å². The first-order valence-corrected chi connectivity index (χ1v) is 11.8. The minimum atomic E-state index is -0.396. The first-order valence-electron chi connectivity index (χ1n) is 11.8. The number of aromatic nitrogens is 4. The Bertz CT molecular complexity index is 1360. The predicted octanol–water partition coefficient (Wildman–Crippen LogP) is 5.76. The summed E-state index contributed by atoms with van der Waals surface area (Å²) >= 11 is 0. The molecule has 0 aromatic carbocycles. The maximum atomic E-state index is 12.6. The van der Waals surface area contributed by atoms with Gasteiger partial charge >= 0.3 is 5.97 Å². The number of imidazole rings is 1. The third kappa shape index (κ3) is 4.30. The number of carbonyl (C=O) groups excluding carboxylic acids is 1. The monoisotopic (exact) mass is 460 g/mol. The summed E-state index contributed by atoms with van der Waals surface area (Å²) in [7, 11) is 1.59. The highest BCUT2D eigenvalue weighted by Gasteiger charge is 2.22. The van der Waals surface area contributed by atoms with E-state index >= 15 is 0 Å². The molecule has 0 fully saturated rings. The SMILES string of the molecule is C=CCCCn1c(-c2nc3cc(C(=O)OC(C)C)cc(OC)n3c2C)cc2ccc(CC)nc21. The Balaban J connectivity index is 1.91. The van der Waals surface area contributed by atoms with Gasteiger partial charge in [-0.2, -0.15) is 0 Å². The van der Waals surface area contributed by atoms with Crippen molar-refractivity contribution in [3.8, 4) is 17.3 Å². The number of pyridine rings is 2. The number of methoxy groups -OCH3 is 1. The molecule has 7 heteroatoms. The average Bonchev–Trinajstić information content (AvgIpc) is 3.35. The number of fused-ring (bicyclic) bond motifs is 2. The average molecular weight is 461 g/mol. The van der Waals surface area contributed by atoms with Gasteiger partial charge in [0.2, 0.25) is 0 Å². The third-order valence-corrected chi connectivity index (χ3v) is 5.90. The van der Waals surface area contributed by atoms with Crippen molar-refractivity contribution in [3.63, 3.8) is 0 Å². The molecule has 0 spiro atoms. The molecule has 0 saturated heterocycles. The van der Waals surface area contributed by atoms with E-state index in [0.717, 1.165) is 59.6 Å². The van der Waals surface area contributed by atoms with Gasteiger partial charge in [-0.25, -0.2) is 14.8 Å². The molecule has 0 bridgehead atoms. The molecule has 0 aliphatic heterocycles. The van der Waals surface area contributed by atoms with Crippen LogP contribution in [0.5, 0.6) is 5.88 Å². The van der Waals surface area contributed by atoms with Crippen LogP contribution in [0, 0.1) is 6.92 Å². The number of esters is 1. The van der Waals surface area contributed by atoms with E-state index < -0.39 is 5.97 Å². The van der Waals surface area contributed by atoms with Gasteiger partial charge in [0.1, 0.15) is 17.0 Å². The van der Waals surface area contributed by atoms with Gasteiger partial charge < -0.3 is 14.0 Å². The molecule has 0 aliphatic carbocycles. The molecular formula is C27H32N4O3. The number of aryl methyl sites for hydroxylation is 3. The Labute approximate surface area is 200 Å². The molecule has 0 N–H and O–H groups in total. The Kier molecular flexibility index (Phi) is 6.72. The Hall–Kier alpha value is -3.61. The fourth-order valence-corrected chi connectivity index (χ4v) is 4.25. The summed E-state index contributed by atoms with van der Waals surface area (Å²) in [6.07, 6.45) is 4.49. The number of rotatable bonds is 9. The molecule has 0 unspecified atom stereocenters. The van der Waals surface area contributed by atoms with Gasteiger partial charge in [-0.3, -0.25) is 4.40 Å². The third-order valence-electron chi connectivity index (χ3n) is 5.90. The summed E-state index contributed by atoms with van der Waals surface area (Å²) in [6.45, 7) is 12.4. The summed E-state index contributed by atoms with van der Waals surface area (Å²) in [5.74, 6) is 0.137. The van der Waals surface area contributed by atoms with E-state index in [1.54, 1.807) is 19.2 Å². The smallest absolute Gasteiger partial charge is 0.338 e. The molecule has 0 radical (unpaired) electrons. The molecule has 0 atom stereocenters. The molecule has 4 heterocycles. The lowest BCUT2D eigenvalue weighted by atomic mass is 10.2. The van der Waals surface area contributed by atoms with Crippen molar-refractivity contribution in [3.05, 3.63) is 59.9 Å². The Morgan fingerprint density at radius 1 is 1.21 bits per heavy atom. The molecule has 4 aromatic heterocycles. The number of unbranched alkanes of at least 4 members (excludes halogenated alkanes) is 1. The standard InChI is InChI=1S/C27H32N4O3/c1-7-9-10-13-30-22(14-19-11-12-21(8-2)28-26(19)30)25-18(5)31-23(29-25)15-20(16-24(31)33-6)27(32)34-17(3)4/h7,11-12,14-17H,1,8-10,13H2,2-6H3. The maximum absolute atomic E-state index is 12.6. The van der Waals surface area contributed by atoms with Crippen LogP contribution in [0.2, 0.25) is 0 Å². The normalized spacial score (nSPS) is 11.5. The number of allylic oxidation sites excluding steroid dienone is 1. The highest BCUT2D eigenvalue weighted by Crippen LogP contribution is 2.33. The van der Waals surface area contributed by atoms with Crippen LogP contribution < -0.4 is 4.74 Å². The predicted molar refractivity (Wildman–Crippen MR) is 135 cm³/mol. The largest absolute Gasteiger partial charge is 0.482 e. The van der Waals surface area contributed by atoms with E-state index in [1.165, 1.54) is 0 Å². The fourth-order valence-electron chi connectivity index (χ4n) is 4.25. The van der Waals surface area contributed by atoms with Crippen LogP contribution in [0.4, 0.5) is 0 Å². The lowest BCUT2D eigenvalue weighted by Crippen LogP contribution is -2.12. The summed E-state index contributed by atoms with van der Waals surface area (Å²) in [5, 5.41) is 1.08. The van der Waals surface area contributed by atoms with Crippen molar-refractivity contribution in [2.24, 2.45) is 0 Å². The van der Waals surface area contributed by atoms with Crippen LogP contribution in [-0.4, -0.2) is 38.1 Å². The van der Waals surface area contributed by atoms with E-state index in [2.05, 4.69) is 36.3 Å². The number of carbonyl (C=O) groups is 1. The molecule has 7 nitrogen and oxygen atoms in total. The van der Waals surface area contributed by atoms with Crippen molar-refractivity contribution in [1.82, 2.24) is 18.9 Å². The van der Waals surface area contributed by atoms with Gasteiger partial charge in [0.05, 0.1) is 30.2 Å². The lowest BCUT2D eigenvalue weighted by Gasteiger charge is -2.11. The zero-order chi connectivity index (χ0) is 24.4. The second-order valence-corrected chi connectivity index (χ2v) is 8.66. The zero-order valence-electron chi connectivity index (χ0n) is 20.6. The maximum Gasteiger partial charge on any atom is 0.338 e. The number of hydrogen-bond acceptors (Lipinski definition) is 5. The molecule has 0 amide bonds. The van der Waals surface area contributed by atoms with Crippen LogP contribution in [-0.2, 0) is 17.7 Å². The van der Waals surface area contributed by atoms with Crippen LogP contribution in [0.15, 0.2) is 43.0 Å². The summed E-state index contributed by atoms with van der Waals surface area (Å²) in [6, 6.07) is 9.80. The summed E-state index contributed by atoms with van der Waals surface area (Å²) < 4.78 is 15.2. The van der Waals surface area contributed by atoms with E-state index in [0.29, 0.717) is 17.1 Å². The first-order chi connectivity index (χ1) is 16.4. The van der Waals surface area contributed by atoms with Crippen LogP contribution >= 0.6 is 0 Å². The quantitative estimate of drug-likeness (QED) is 0.180. The van der Waals surface area contributed by atoms with Crippen LogP contribution in [0.1, 0.15) is 55.4 Å². The van der Waals surface area contributed by atoms with Crippen molar-refractivity contribution >= 4 is 22.6 Å². The Morgan fingerprint density at radius 3 is 2.68 bits per heavy atom. The van der Waals surface area contributed by atoms with Gasteiger partial charge in [0.15, 0.2) is 5.88 Å². The molecule has 0 aliphatic rings. The molecule has 178 valence electrons. The van der Waals surface area contributed by atoms with Gasteiger partial charge in [0, 0.05) is 23.7 Å². The Morgan fingerprint density at radius 2 is 2.00 bits per heavy atom. The summed E-state index contributed by atoms with van der Waals surface area (Å²) in [5.41, 5.74) is 5.82. The van der Waals surface area contributed by atoms with E-state index in [-0.39, 0.29) is 6.10 Å². The topological polar surface area (TPSA) is 70.7 Å². The minimum absolute atomic E-state index is 0.210. The van der Waals surface area contributed by atoms with Gasteiger partial charge in [-0.1, -0.05) is 13.0 Å². The molecule has 34 heavy (non-hydrogen) atoms. The molecule has 0 saturated carbocycles. The highest BCUT2D eigenvalue weighted by molar-refractivity contribution is 5.91. The van der Waals surface area contributed by atoms with Gasteiger partial charge in [-0.05, 0) is 64.3 Å². The number of hydrogen-bond donors (Lipinski definition) is 0. The second-order valence-electron chi connectivity index (χ2n) is 8.66. The molecule has 4 rings (SSSR count). The van der Waals surface area contributed by atoms with E-state index in [9.17, 15) is 4.79 Å². The van der Waals surface area contributed by atoms with Gasteiger partial charge in [-0.15, -0.1) is 6.58 Å². The zero-order valence-corrected chi connectivity index (χ0v) is 20.6. The van der Waals surface area contributed by atoms with Crippen molar-refractivity contribution < 1.29 is 14.3 Å². The van der Waals surface area contributed by atoms with Crippen LogP contribution in [0.25, 0.3) is 28.1 Å². The second kappa shape index (κ2) is 9.71. The van der Waals surface area contributed by atoms with Crippen molar-refractivity contribution in [1.29, 1.82) is 0 Å². The molecule has 4 aromatic rings. The fraction of sp³-hybridized carbons (Fsp3) is 0.370. The van der Waals surface area contributed by atoms with Crippen molar-refractivity contribution in [2.45, 2.75) is 59.6 Å². The van der Waals surface area contributed by atoms with Crippen molar-refractivity contribution in [2.75, 3.05) is 7.11 Å².